The van der Waals surface area contributed by atoms with Crippen molar-refractivity contribution in [3.8, 4) is 11.5 Å². The first-order valence-electron chi connectivity index (χ1n) is 5.61. The van der Waals surface area contributed by atoms with Crippen molar-refractivity contribution in [1.82, 2.24) is 10.2 Å². The van der Waals surface area contributed by atoms with Gasteiger partial charge in [0.25, 0.3) is 0 Å². The van der Waals surface area contributed by atoms with E-state index < -0.39 is 0 Å². The third-order valence-corrected chi connectivity index (χ3v) is 1.80. The molecule has 0 amide bonds. The van der Waals surface area contributed by atoms with Crippen LogP contribution in [0.15, 0.2) is 28.9 Å². The van der Waals surface area contributed by atoms with Gasteiger partial charge in [-0.05, 0) is 26.0 Å². The van der Waals surface area contributed by atoms with E-state index in [0.717, 1.165) is 17.3 Å². The summed E-state index contributed by atoms with van der Waals surface area (Å²) < 4.78 is 5.24. The summed E-state index contributed by atoms with van der Waals surface area (Å²) in [5, 5.41) is 10.2. The molecule has 104 valence electrons. The minimum absolute atomic E-state index is 0. The van der Waals surface area contributed by atoms with E-state index in [9.17, 15) is 0 Å². The van der Waals surface area contributed by atoms with E-state index in [-0.39, 0.29) is 14.9 Å². The molecule has 18 heavy (non-hydrogen) atoms. The molecule has 0 bridgehead atoms. The van der Waals surface area contributed by atoms with Crippen LogP contribution in [0.1, 0.15) is 42.5 Å². The number of hydrogen-bond donors (Lipinski definition) is 2. The Kier molecular flexibility index (Phi) is 9.67. The Bertz CT molecular complexity index is 391. The summed E-state index contributed by atoms with van der Waals surface area (Å²) >= 11 is 0. The van der Waals surface area contributed by atoms with Crippen LogP contribution in [0.3, 0.4) is 0 Å². The molecular formula is C14H27N3O. The van der Waals surface area contributed by atoms with Crippen LogP contribution in [0.25, 0.3) is 11.5 Å². The lowest BCUT2D eigenvalue weighted by molar-refractivity contribution is 0.580. The van der Waals surface area contributed by atoms with Gasteiger partial charge in [-0.25, -0.2) is 0 Å². The largest absolute Gasteiger partial charge is 0.463 e. The molecule has 0 aliphatic carbocycles. The minimum atomic E-state index is 0. The van der Waals surface area contributed by atoms with Crippen molar-refractivity contribution in [2.45, 2.75) is 48.6 Å². The van der Waals surface area contributed by atoms with Gasteiger partial charge in [-0.3, -0.25) is 5.10 Å². The Morgan fingerprint density at radius 3 is 2.44 bits per heavy atom. The van der Waals surface area contributed by atoms with Gasteiger partial charge in [-0.15, -0.1) is 0 Å². The summed E-state index contributed by atoms with van der Waals surface area (Å²) in [6.45, 7) is 8.14. The topological polar surface area (TPSA) is 53.9 Å². The van der Waals surface area contributed by atoms with Crippen molar-refractivity contribution in [3.05, 3.63) is 24.5 Å². The maximum absolute atomic E-state index is 5.24. The Hall–Kier alpha value is -1.71. The van der Waals surface area contributed by atoms with Crippen molar-refractivity contribution < 1.29 is 4.42 Å². The van der Waals surface area contributed by atoms with E-state index >= 15 is 0 Å². The van der Waals surface area contributed by atoms with Crippen molar-refractivity contribution in [1.29, 1.82) is 0 Å². The van der Waals surface area contributed by atoms with Crippen molar-refractivity contribution in [3.63, 3.8) is 0 Å². The Morgan fingerprint density at radius 1 is 1.28 bits per heavy atom. The standard InChI is InChI=1S/C10H13N3O.C2H6.2CH4/c1-7(2)11-10-6-8(12-13-10)9-4-3-5-14-9;1-2;;/h3-7H,1-2H3,(H2,11,12,13);1-2H3;2*1H4. The van der Waals surface area contributed by atoms with Crippen molar-refractivity contribution in [2.24, 2.45) is 0 Å². The van der Waals surface area contributed by atoms with Crippen LogP contribution in [0.2, 0.25) is 0 Å². The molecule has 0 unspecified atom stereocenters. The van der Waals surface area contributed by atoms with Gasteiger partial charge in [-0.2, -0.15) is 5.10 Å². The predicted octanol–water partition coefficient (Wildman–Crippen LogP) is 4.79. The lowest BCUT2D eigenvalue weighted by Gasteiger charge is -2.03. The maximum Gasteiger partial charge on any atom is 0.151 e. The van der Waals surface area contributed by atoms with Crippen molar-refractivity contribution >= 4 is 5.82 Å². The first-order valence-corrected chi connectivity index (χ1v) is 5.61. The van der Waals surface area contributed by atoms with Crippen LogP contribution in [0.5, 0.6) is 0 Å². The average molecular weight is 253 g/mol. The van der Waals surface area contributed by atoms with Crippen LogP contribution in [0, 0.1) is 0 Å². The van der Waals surface area contributed by atoms with E-state index in [1.807, 2.05) is 32.0 Å². The normalized spacial score (nSPS) is 8.72. The highest BCUT2D eigenvalue weighted by molar-refractivity contribution is 5.57. The second kappa shape index (κ2) is 9.33. The monoisotopic (exact) mass is 253 g/mol. The van der Waals surface area contributed by atoms with E-state index in [2.05, 4.69) is 29.4 Å². The number of nitrogens with one attached hydrogen (secondary N) is 2. The van der Waals surface area contributed by atoms with Crippen LogP contribution in [-0.4, -0.2) is 16.2 Å². The number of anilines is 1. The number of H-pyrrole nitrogens is 1. The molecule has 0 aliphatic heterocycles. The van der Waals surface area contributed by atoms with Gasteiger partial charge in [0.1, 0.15) is 11.5 Å². The fourth-order valence-electron chi connectivity index (χ4n) is 1.25. The highest BCUT2D eigenvalue weighted by Gasteiger charge is 2.05. The zero-order valence-corrected chi connectivity index (χ0v) is 10.2. The molecule has 0 atom stereocenters. The molecule has 0 radical (unpaired) electrons. The molecule has 2 heterocycles. The molecule has 2 rings (SSSR count). The number of aromatic nitrogens is 2. The fourth-order valence-corrected chi connectivity index (χ4v) is 1.25. The summed E-state index contributed by atoms with van der Waals surface area (Å²) in [7, 11) is 0. The molecule has 0 aromatic carbocycles. The van der Waals surface area contributed by atoms with Gasteiger partial charge in [0, 0.05) is 12.1 Å². The van der Waals surface area contributed by atoms with Crippen LogP contribution < -0.4 is 5.32 Å². The van der Waals surface area contributed by atoms with Gasteiger partial charge >= 0.3 is 0 Å². The number of hydrogen-bond acceptors (Lipinski definition) is 3. The maximum atomic E-state index is 5.24. The lowest BCUT2D eigenvalue weighted by Crippen LogP contribution is -2.09. The molecule has 0 saturated carbocycles. The van der Waals surface area contributed by atoms with Gasteiger partial charge in [0.2, 0.25) is 0 Å². The third kappa shape index (κ3) is 5.08. The summed E-state index contributed by atoms with van der Waals surface area (Å²) in [6.07, 6.45) is 1.64. The van der Waals surface area contributed by atoms with Crippen LogP contribution >= 0.6 is 0 Å². The molecule has 0 saturated heterocycles. The third-order valence-electron chi connectivity index (χ3n) is 1.80. The molecule has 0 spiro atoms. The van der Waals surface area contributed by atoms with E-state index in [1.54, 1.807) is 6.26 Å². The van der Waals surface area contributed by atoms with E-state index in [1.165, 1.54) is 0 Å². The van der Waals surface area contributed by atoms with E-state index in [4.69, 9.17) is 4.42 Å². The average Bonchev–Trinajstić information content (AvgIpc) is 2.88. The quantitative estimate of drug-likeness (QED) is 0.827. The first-order chi connectivity index (χ1) is 7.75. The molecule has 4 heteroatoms. The summed E-state index contributed by atoms with van der Waals surface area (Å²) in [4.78, 5) is 0. The van der Waals surface area contributed by atoms with Crippen LogP contribution in [0.4, 0.5) is 5.82 Å². The molecule has 2 N–H and O–H groups in total. The zero-order valence-electron chi connectivity index (χ0n) is 10.2. The van der Waals surface area contributed by atoms with Crippen LogP contribution in [-0.2, 0) is 0 Å². The van der Waals surface area contributed by atoms with E-state index in [0.29, 0.717) is 6.04 Å². The molecular weight excluding hydrogens is 226 g/mol. The van der Waals surface area contributed by atoms with Gasteiger partial charge in [-0.1, -0.05) is 28.7 Å². The summed E-state index contributed by atoms with van der Waals surface area (Å²) in [6, 6.07) is 6.06. The molecule has 4 nitrogen and oxygen atoms in total. The number of aromatic amines is 1. The Morgan fingerprint density at radius 2 is 1.94 bits per heavy atom. The molecule has 2 aromatic rings. The highest BCUT2D eigenvalue weighted by Crippen LogP contribution is 2.19. The van der Waals surface area contributed by atoms with Crippen molar-refractivity contribution in [2.75, 3.05) is 5.32 Å². The summed E-state index contributed by atoms with van der Waals surface area (Å²) in [5.74, 6) is 1.64. The lowest BCUT2D eigenvalue weighted by atomic mass is 10.3. The second-order valence-corrected chi connectivity index (χ2v) is 3.44. The number of rotatable bonds is 3. The fraction of sp³-hybridized carbons (Fsp3) is 0.500. The Labute approximate surface area is 111 Å². The first kappa shape index (κ1) is 18.6. The predicted molar refractivity (Wildman–Crippen MR) is 79.9 cm³/mol. The molecule has 0 aliphatic rings. The second-order valence-electron chi connectivity index (χ2n) is 3.44. The smallest absolute Gasteiger partial charge is 0.151 e. The van der Waals surface area contributed by atoms with Gasteiger partial charge < -0.3 is 9.73 Å². The number of furan rings is 1. The number of nitrogens with zero attached hydrogens (tertiary/aromatic N) is 1. The highest BCUT2D eigenvalue weighted by atomic mass is 16.3. The summed E-state index contributed by atoms with van der Waals surface area (Å²) in [5.41, 5.74) is 0.887. The Balaban J connectivity index is 0. The molecule has 0 fully saturated rings. The molecule has 2 aromatic heterocycles. The minimum Gasteiger partial charge on any atom is -0.463 e. The van der Waals surface area contributed by atoms with Gasteiger partial charge in [0.15, 0.2) is 5.76 Å². The zero-order chi connectivity index (χ0) is 12.0. The van der Waals surface area contributed by atoms with Gasteiger partial charge in [0.05, 0.1) is 6.26 Å². The SMILES string of the molecule is C.C.CC.CC(C)Nc1cc(-c2ccco2)[nH]n1.